The highest BCUT2D eigenvalue weighted by atomic mass is 16.5. The number of nitrogens with zero attached hydrogens (tertiary/aromatic N) is 3. The Morgan fingerprint density at radius 1 is 1.00 bits per heavy atom. The first-order chi connectivity index (χ1) is 12.3. The molecule has 6 nitrogen and oxygen atoms in total. The summed E-state index contributed by atoms with van der Waals surface area (Å²) < 4.78 is 16.3. The Morgan fingerprint density at radius 2 is 1.84 bits per heavy atom. The summed E-state index contributed by atoms with van der Waals surface area (Å²) >= 11 is 0. The Kier molecular flexibility index (Phi) is 4.00. The molecule has 0 amide bonds. The molecule has 0 radical (unpaired) electrons. The molecule has 0 saturated heterocycles. The van der Waals surface area contributed by atoms with E-state index in [1.165, 1.54) is 6.33 Å². The first kappa shape index (κ1) is 15.1. The molecule has 4 aromatic rings. The van der Waals surface area contributed by atoms with Gasteiger partial charge in [0.2, 0.25) is 5.88 Å². The molecule has 2 aromatic carbocycles. The van der Waals surface area contributed by atoms with E-state index >= 15 is 0 Å². The highest BCUT2D eigenvalue weighted by Gasteiger charge is 2.09. The van der Waals surface area contributed by atoms with Crippen molar-refractivity contribution in [2.45, 2.75) is 6.61 Å². The number of fused-ring (bicyclic) bond motifs is 1. The third-order valence-electron chi connectivity index (χ3n) is 3.80. The molecule has 0 unspecified atom stereocenters. The minimum atomic E-state index is 0.240. The molecule has 0 fully saturated rings. The predicted molar refractivity (Wildman–Crippen MR) is 92.4 cm³/mol. The van der Waals surface area contributed by atoms with E-state index in [9.17, 15) is 0 Å². The standard InChI is InChI=1S/C19H15N3O3/c1-23-14-8-6-13(7-9-14)18-10-15(25-22-18)11-24-19-16-4-2-3-5-17(16)20-12-21-19/h2-10,12H,11H2,1H3. The number of benzene rings is 2. The molecule has 0 spiro atoms. The summed E-state index contributed by atoms with van der Waals surface area (Å²) in [6.07, 6.45) is 1.49. The number of hydrogen-bond donors (Lipinski definition) is 0. The molecule has 6 heteroatoms. The van der Waals surface area contributed by atoms with Crippen molar-refractivity contribution in [1.82, 2.24) is 15.1 Å². The lowest BCUT2D eigenvalue weighted by Crippen LogP contribution is -1.97. The van der Waals surface area contributed by atoms with Gasteiger partial charge in [-0.25, -0.2) is 9.97 Å². The molecule has 2 aromatic heterocycles. The van der Waals surface area contributed by atoms with Gasteiger partial charge < -0.3 is 14.0 Å². The molecule has 0 aliphatic carbocycles. The number of ether oxygens (including phenoxy) is 2. The van der Waals surface area contributed by atoms with Gasteiger partial charge in [0.1, 0.15) is 17.8 Å². The van der Waals surface area contributed by atoms with Gasteiger partial charge in [0, 0.05) is 11.6 Å². The Hall–Kier alpha value is -3.41. The summed E-state index contributed by atoms with van der Waals surface area (Å²) in [5.74, 6) is 1.94. The van der Waals surface area contributed by atoms with Crippen molar-refractivity contribution >= 4 is 10.9 Å². The zero-order valence-electron chi connectivity index (χ0n) is 13.5. The molecular weight excluding hydrogens is 318 g/mol. The van der Waals surface area contributed by atoms with Crippen LogP contribution in [-0.4, -0.2) is 22.2 Å². The second kappa shape index (κ2) is 6.60. The second-order valence-corrected chi connectivity index (χ2v) is 5.39. The summed E-state index contributed by atoms with van der Waals surface area (Å²) in [5.41, 5.74) is 2.53. The lowest BCUT2D eigenvalue weighted by Gasteiger charge is -2.05. The van der Waals surface area contributed by atoms with Crippen LogP contribution >= 0.6 is 0 Å². The van der Waals surface area contributed by atoms with Gasteiger partial charge in [0.25, 0.3) is 0 Å². The van der Waals surface area contributed by atoms with Gasteiger partial charge in [0.15, 0.2) is 12.4 Å². The van der Waals surface area contributed by atoms with E-state index in [0.29, 0.717) is 11.6 Å². The molecule has 0 aliphatic heterocycles. The maximum atomic E-state index is 5.79. The third kappa shape index (κ3) is 3.14. The topological polar surface area (TPSA) is 70.3 Å². The molecule has 0 bridgehead atoms. The van der Waals surface area contributed by atoms with Gasteiger partial charge >= 0.3 is 0 Å². The SMILES string of the molecule is COc1ccc(-c2cc(COc3ncnc4ccccc34)on2)cc1. The van der Waals surface area contributed by atoms with Crippen LogP contribution in [0.15, 0.2) is 65.4 Å². The molecule has 25 heavy (non-hydrogen) atoms. The quantitative estimate of drug-likeness (QED) is 0.552. The normalized spacial score (nSPS) is 10.8. The van der Waals surface area contributed by atoms with Crippen LogP contribution in [0, 0.1) is 0 Å². The highest BCUT2D eigenvalue weighted by molar-refractivity contribution is 5.82. The smallest absolute Gasteiger partial charge is 0.224 e. The summed E-state index contributed by atoms with van der Waals surface area (Å²) in [6.45, 7) is 0.240. The molecular formula is C19H15N3O3. The van der Waals surface area contributed by atoms with Crippen LogP contribution in [-0.2, 0) is 6.61 Å². The van der Waals surface area contributed by atoms with Crippen molar-refractivity contribution in [3.05, 3.63) is 66.7 Å². The summed E-state index contributed by atoms with van der Waals surface area (Å²) in [6, 6.07) is 17.2. The van der Waals surface area contributed by atoms with E-state index in [-0.39, 0.29) is 6.61 Å². The van der Waals surface area contributed by atoms with Crippen molar-refractivity contribution in [3.63, 3.8) is 0 Å². The lowest BCUT2D eigenvalue weighted by atomic mass is 10.1. The van der Waals surface area contributed by atoms with Crippen LogP contribution < -0.4 is 9.47 Å². The predicted octanol–water partition coefficient (Wildman–Crippen LogP) is 3.87. The molecule has 0 saturated carbocycles. The van der Waals surface area contributed by atoms with E-state index in [2.05, 4.69) is 15.1 Å². The Morgan fingerprint density at radius 3 is 2.68 bits per heavy atom. The average molecular weight is 333 g/mol. The van der Waals surface area contributed by atoms with Gasteiger partial charge in [-0.05, 0) is 36.4 Å². The van der Waals surface area contributed by atoms with Crippen LogP contribution in [0.1, 0.15) is 5.76 Å². The molecule has 0 aliphatic rings. The minimum Gasteiger partial charge on any atom is -0.497 e. The summed E-state index contributed by atoms with van der Waals surface area (Å²) in [5, 5.41) is 4.95. The van der Waals surface area contributed by atoms with Gasteiger partial charge in [-0.3, -0.25) is 0 Å². The van der Waals surface area contributed by atoms with Gasteiger partial charge in [-0.1, -0.05) is 17.3 Å². The first-order valence-electron chi connectivity index (χ1n) is 7.76. The van der Waals surface area contributed by atoms with Crippen LogP contribution in [0.25, 0.3) is 22.2 Å². The number of methoxy groups -OCH3 is 1. The maximum absolute atomic E-state index is 5.79. The molecule has 0 atom stereocenters. The van der Waals surface area contributed by atoms with Crippen molar-refractivity contribution in [2.24, 2.45) is 0 Å². The number of hydrogen-bond acceptors (Lipinski definition) is 6. The van der Waals surface area contributed by atoms with Crippen LogP contribution in [0.4, 0.5) is 0 Å². The Balaban J connectivity index is 1.51. The fraction of sp³-hybridized carbons (Fsp3) is 0.105. The van der Waals surface area contributed by atoms with E-state index in [1.54, 1.807) is 7.11 Å². The fourth-order valence-corrected chi connectivity index (χ4v) is 2.51. The van der Waals surface area contributed by atoms with Gasteiger partial charge in [-0.15, -0.1) is 0 Å². The van der Waals surface area contributed by atoms with Gasteiger partial charge in [-0.2, -0.15) is 0 Å². The zero-order chi connectivity index (χ0) is 17.1. The summed E-state index contributed by atoms with van der Waals surface area (Å²) in [7, 11) is 1.64. The van der Waals surface area contributed by atoms with E-state index < -0.39 is 0 Å². The van der Waals surface area contributed by atoms with E-state index in [4.69, 9.17) is 14.0 Å². The van der Waals surface area contributed by atoms with Crippen molar-refractivity contribution in [2.75, 3.05) is 7.11 Å². The fourth-order valence-electron chi connectivity index (χ4n) is 2.51. The first-order valence-corrected chi connectivity index (χ1v) is 7.76. The van der Waals surface area contributed by atoms with E-state index in [0.717, 1.165) is 27.9 Å². The second-order valence-electron chi connectivity index (χ2n) is 5.39. The van der Waals surface area contributed by atoms with Gasteiger partial charge in [0.05, 0.1) is 18.0 Å². The van der Waals surface area contributed by atoms with E-state index in [1.807, 2.05) is 54.6 Å². The molecule has 2 heterocycles. The monoisotopic (exact) mass is 333 g/mol. The maximum Gasteiger partial charge on any atom is 0.224 e. The van der Waals surface area contributed by atoms with Crippen molar-refractivity contribution in [1.29, 1.82) is 0 Å². The number of aromatic nitrogens is 3. The lowest BCUT2D eigenvalue weighted by molar-refractivity contribution is 0.244. The highest BCUT2D eigenvalue weighted by Crippen LogP contribution is 2.24. The van der Waals surface area contributed by atoms with Crippen molar-refractivity contribution in [3.8, 4) is 22.9 Å². The zero-order valence-corrected chi connectivity index (χ0v) is 13.5. The third-order valence-corrected chi connectivity index (χ3v) is 3.80. The minimum absolute atomic E-state index is 0.240. The summed E-state index contributed by atoms with van der Waals surface area (Å²) in [4.78, 5) is 8.41. The largest absolute Gasteiger partial charge is 0.497 e. The van der Waals surface area contributed by atoms with Crippen LogP contribution in [0.3, 0.4) is 0 Å². The Labute approximate surface area is 144 Å². The van der Waals surface area contributed by atoms with Crippen molar-refractivity contribution < 1.29 is 14.0 Å². The average Bonchev–Trinajstić information content (AvgIpc) is 3.15. The molecule has 124 valence electrons. The van der Waals surface area contributed by atoms with Crippen LogP contribution in [0.2, 0.25) is 0 Å². The number of rotatable bonds is 5. The molecule has 4 rings (SSSR count). The molecule has 0 N–H and O–H groups in total. The number of para-hydroxylation sites is 1. The Bertz CT molecular complexity index is 991. The van der Waals surface area contributed by atoms with Crippen LogP contribution in [0.5, 0.6) is 11.6 Å².